The number of aryl methyl sites for hydroxylation is 1. The average molecular weight is 223 g/mol. The van der Waals surface area contributed by atoms with Crippen LogP contribution < -0.4 is 11.5 Å². The number of nitrogens with one attached hydrogen (secondary N) is 1. The summed E-state index contributed by atoms with van der Waals surface area (Å²) in [4.78, 5) is 7.25. The molecule has 0 amide bonds. The number of hydrogen-bond donors (Lipinski definition) is 3. The molecule has 1 aromatic heterocycles. The topological polar surface area (TPSA) is 80.2 Å². The number of aromatic nitrogens is 1. The summed E-state index contributed by atoms with van der Waals surface area (Å²) in [6.07, 6.45) is 0. The van der Waals surface area contributed by atoms with Crippen molar-refractivity contribution in [2.45, 2.75) is 6.92 Å². The molecule has 0 aliphatic heterocycles. The Bertz CT molecular complexity index is 538. The predicted molar refractivity (Wildman–Crippen MR) is 63.5 cm³/mol. The summed E-state index contributed by atoms with van der Waals surface area (Å²) in [5.41, 5.74) is 13.4. The zero-order valence-corrected chi connectivity index (χ0v) is 8.97. The van der Waals surface area contributed by atoms with E-state index in [0.29, 0.717) is 5.02 Å². The normalized spacial score (nSPS) is 10.5. The van der Waals surface area contributed by atoms with Gasteiger partial charge in [0.1, 0.15) is 0 Å². The van der Waals surface area contributed by atoms with Crippen LogP contribution in [0.2, 0.25) is 5.02 Å². The SMILES string of the molecule is Cc1[nH]c2ccc(Cl)cc2c1N=C(N)N. The highest BCUT2D eigenvalue weighted by atomic mass is 35.5. The van der Waals surface area contributed by atoms with Gasteiger partial charge in [0, 0.05) is 21.6 Å². The van der Waals surface area contributed by atoms with Gasteiger partial charge in [-0.1, -0.05) is 11.6 Å². The second-order valence-electron chi connectivity index (χ2n) is 3.33. The van der Waals surface area contributed by atoms with Crippen molar-refractivity contribution in [3.8, 4) is 0 Å². The second-order valence-corrected chi connectivity index (χ2v) is 3.76. The molecule has 5 N–H and O–H groups in total. The number of guanidine groups is 1. The lowest BCUT2D eigenvalue weighted by molar-refractivity contribution is 1.27. The number of benzene rings is 1. The molecule has 1 aromatic carbocycles. The Balaban J connectivity index is 2.76. The molecule has 0 saturated carbocycles. The van der Waals surface area contributed by atoms with Crippen molar-refractivity contribution >= 4 is 34.2 Å². The molecule has 78 valence electrons. The van der Waals surface area contributed by atoms with Gasteiger partial charge in [0.2, 0.25) is 0 Å². The number of nitrogens with two attached hydrogens (primary N) is 2. The third-order valence-corrected chi connectivity index (χ3v) is 2.39. The molecule has 0 atom stereocenters. The Kier molecular flexibility index (Phi) is 2.28. The van der Waals surface area contributed by atoms with Crippen molar-refractivity contribution in [2.75, 3.05) is 0 Å². The van der Waals surface area contributed by atoms with E-state index in [1.165, 1.54) is 0 Å². The Morgan fingerprint density at radius 2 is 2.13 bits per heavy atom. The fraction of sp³-hybridized carbons (Fsp3) is 0.100. The molecule has 2 aromatic rings. The Morgan fingerprint density at radius 1 is 1.40 bits per heavy atom. The zero-order valence-electron chi connectivity index (χ0n) is 8.21. The summed E-state index contributed by atoms with van der Waals surface area (Å²) < 4.78 is 0. The van der Waals surface area contributed by atoms with Crippen LogP contribution in [0.3, 0.4) is 0 Å². The quantitative estimate of drug-likeness (QED) is 0.510. The van der Waals surface area contributed by atoms with Crippen LogP contribution in [0.4, 0.5) is 5.69 Å². The van der Waals surface area contributed by atoms with Crippen LogP contribution in [0.15, 0.2) is 23.2 Å². The molecule has 0 unspecified atom stereocenters. The number of aromatic amines is 1. The van der Waals surface area contributed by atoms with Crippen LogP contribution in [0.25, 0.3) is 10.9 Å². The number of hydrogen-bond acceptors (Lipinski definition) is 1. The number of fused-ring (bicyclic) bond motifs is 1. The van der Waals surface area contributed by atoms with Gasteiger partial charge in [-0.25, -0.2) is 4.99 Å². The van der Waals surface area contributed by atoms with Gasteiger partial charge >= 0.3 is 0 Å². The maximum Gasteiger partial charge on any atom is 0.191 e. The summed E-state index contributed by atoms with van der Waals surface area (Å²) >= 11 is 5.91. The third-order valence-electron chi connectivity index (χ3n) is 2.16. The number of rotatable bonds is 1. The van der Waals surface area contributed by atoms with E-state index >= 15 is 0 Å². The van der Waals surface area contributed by atoms with Crippen LogP contribution in [-0.4, -0.2) is 10.9 Å². The highest BCUT2D eigenvalue weighted by molar-refractivity contribution is 6.31. The summed E-state index contributed by atoms with van der Waals surface area (Å²) in [7, 11) is 0. The summed E-state index contributed by atoms with van der Waals surface area (Å²) in [5.74, 6) is 0.0407. The molecule has 0 aliphatic rings. The molecule has 0 radical (unpaired) electrons. The number of H-pyrrole nitrogens is 1. The first-order chi connectivity index (χ1) is 7.08. The van der Waals surface area contributed by atoms with E-state index in [4.69, 9.17) is 23.1 Å². The van der Waals surface area contributed by atoms with Crippen molar-refractivity contribution in [1.82, 2.24) is 4.98 Å². The predicted octanol–water partition coefficient (Wildman–Crippen LogP) is 2.03. The average Bonchev–Trinajstić information content (AvgIpc) is 2.43. The highest BCUT2D eigenvalue weighted by Gasteiger charge is 2.07. The summed E-state index contributed by atoms with van der Waals surface area (Å²) in [6, 6.07) is 5.55. The molecule has 0 fully saturated rings. The van der Waals surface area contributed by atoms with Crippen molar-refractivity contribution < 1.29 is 0 Å². The lowest BCUT2D eigenvalue weighted by Crippen LogP contribution is -2.21. The molecule has 2 rings (SSSR count). The van der Waals surface area contributed by atoms with Crippen molar-refractivity contribution in [3.63, 3.8) is 0 Å². The smallest absolute Gasteiger partial charge is 0.191 e. The molecule has 0 aliphatic carbocycles. The van der Waals surface area contributed by atoms with E-state index < -0.39 is 0 Å². The molecular weight excluding hydrogens is 212 g/mol. The fourth-order valence-electron chi connectivity index (χ4n) is 1.56. The van der Waals surface area contributed by atoms with Crippen molar-refractivity contribution in [2.24, 2.45) is 16.5 Å². The first-order valence-corrected chi connectivity index (χ1v) is 4.83. The van der Waals surface area contributed by atoms with Crippen LogP contribution in [-0.2, 0) is 0 Å². The minimum atomic E-state index is 0.0407. The Hall–Kier alpha value is -1.68. The van der Waals surface area contributed by atoms with Gasteiger partial charge in [-0.2, -0.15) is 0 Å². The van der Waals surface area contributed by atoms with E-state index in [1.54, 1.807) is 0 Å². The molecule has 1 heterocycles. The lowest BCUT2D eigenvalue weighted by Gasteiger charge is -1.95. The molecule has 15 heavy (non-hydrogen) atoms. The number of nitrogens with zero attached hydrogens (tertiary/aromatic N) is 1. The summed E-state index contributed by atoms with van der Waals surface area (Å²) in [6.45, 7) is 1.91. The minimum Gasteiger partial charge on any atom is -0.370 e. The van der Waals surface area contributed by atoms with Gasteiger partial charge in [0.05, 0.1) is 5.69 Å². The molecule has 0 saturated heterocycles. The van der Waals surface area contributed by atoms with Crippen LogP contribution in [0.1, 0.15) is 5.69 Å². The maximum atomic E-state index is 5.91. The first-order valence-electron chi connectivity index (χ1n) is 4.45. The zero-order chi connectivity index (χ0) is 11.0. The fourth-order valence-corrected chi connectivity index (χ4v) is 1.73. The van der Waals surface area contributed by atoms with Crippen LogP contribution >= 0.6 is 11.6 Å². The largest absolute Gasteiger partial charge is 0.370 e. The van der Waals surface area contributed by atoms with E-state index in [9.17, 15) is 0 Å². The van der Waals surface area contributed by atoms with E-state index in [-0.39, 0.29) is 5.96 Å². The van der Waals surface area contributed by atoms with Gasteiger partial charge in [0.25, 0.3) is 0 Å². The van der Waals surface area contributed by atoms with E-state index in [1.807, 2.05) is 25.1 Å². The molecule has 5 heteroatoms. The van der Waals surface area contributed by atoms with Gasteiger partial charge < -0.3 is 16.5 Å². The summed E-state index contributed by atoms with van der Waals surface area (Å²) in [5, 5.41) is 1.59. The second kappa shape index (κ2) is 3.47. The van der Waals surface area contributed by atoms with Gasteiger partial charge in [-0.05, 0) is 25.1 Å². The first kappa shape index (κ1) is 9.86. The minimum absolute atomic E-state index is 0.0407. The monoisotopic (exact) mass is 222 g/mol. The molecule has 4 nitrogen and oxygen atoms in total. The molecule has 0 spiro atoms. The molecule has 0 bridgehead atoms. The Morgan fingerprint density at radius 3 is 2.80 bits per heavy atom. The number of aliphatic imine (C=N–C) groups is 1. The van der Waals surface area contributed by atoms with Crippen LogP contribution in [0.5, 0.6) is 0 Å². The maximum absolute atomic E-state index is 5.91. The van der Waals surface area contributed by atoms with E-state index in [0.717, 1.165) is 22.3 Å². The number of halogens is 1. The van der Waals surface area contributed by atoms with Crippen molar-refractivity contribution in [1.29, 1.82) is 0 Å². The van der Waals surface area contributed by atoms with E-state index in [2.05, 4.69) is 9.98 Å². The standard InChI is InChI=1S/C10H11ClN4/c1-5-9(15-10(12)13)7-4-6(11)2-3-8(7)14-5/h2-4,14H,1H3,(H4,12,13,15). The highest BCUT2D eigenvalue weighted by Crippen LogP contribution is 2.31. The van der Waals surface area contributed by atoms with Gasteiger partial charge in [-0.15, -0.1) is 0 Å². The van der Waals surface area contributed by atoms with Crippen molar-refractivity contribution in [3.05, 3.63) is 28.9 Å². The van der Waals surface area contributed by atoms with Gasteiger partial charge in [0.15, 0.2) is 5.96 Å². The van der Waals surface area contributed by atoms with Crippen LogP contribution in [0, 0.1) is 6.92 Å². The third kappa shape index (κ3) is 1.76. The lowest BCUT2D eigenvalue weighted by atomic mass is 10.2. The molecular formula is C10H11ClN4. The van der Waals surface area contributed by atoms with Gasteiger partial charge in [-0.3, -0.25) is 0 Å². The Labute approximate surface area is 91.9 Å².